The van der Waals surface area contributed by atoms with Gasteiger partial charge in [-0.2, -0.15) is 0 Å². The molecule has 2 heteroatoms. The monoisotopic (exact) mass is 234 g/mol. The van der Waals surface area contributed by atoms with Gasteiger partial charge in [0.1, 0.15) is 0 Å². The number of rotatable bonds is 8. The van der Waals surface area contributed by atoms with Crippen molar-refractivity contribution in [3.63, 3.8) is 0 Å². The second kappa shape index (κ2) is 8.26. The molecule has 1 N–H and O–H groups in total. The summed E-state index contributed by atoms with van der Waals surface area (Å²) in [6.07, 6.45) is 1.18. The minimum Gasteiger partial charge on any atom is -0.309 e. The Morgan fingerprint density at radius 2 is 1.71 bits per heavy atom. The molecule has 0 bridgehead atoms. The maximum Gasteiger partial charge on any atom is 0.0449 e. The van der Waals surface area contributed by atoms with Gasteiger partial charge in [-0.1, -0.05) is 51.1 Å². The molecule has 17 heavy (non-hydrogen) atoms. The van der Waals surface area contributed by atoms with E-state index in [9.17, 15) is 0 Å². The van der Waals surface area contributed by atoms with E-state index < -0.39 is 0 Å². The highest BCUT2D eigenvalue weighted by Crippen LogP contribution is 2.14. The molecule has 0 aliphatic rings. The molecule has 1 unspecified atom stereocenters. The van der Waals surface area contributed by atoms with Crippen molar-refractivity contribution in [2.75, 3.05) is 26.2 Å². The fraction of sp³-hybridized carbons (Fsp3) is 0.600. The Balaban J connectivity index is 2.66. The van der Waals surface area contributed by atoms with Gasteiger partial charge in [0.25, 0.3) is 0 Å². The van der Waals surface area contributed by atoms with Crippen LogP contribution in [0.1, 0.15) is 38.8 Å². The number of benzene rings is 1. The van der Waals surface area contributed by atoms with Crippen LogP contribution in [0.3, 0.4) is 0 Å². The van der Waals surface area contributed by atoms with Gasteiger partial charge in [-0.3, -0.25) is 0 Å². The minimum absolute atomic E-state index is 0.455. The van der Waals surface area contributed by atoms with E-state index in [0.717, 1.165) is 26.2 Å². The van der Waals surface area contributed by atoms with Crippen LogP contribution in [-0.2, 0) is 0 Å². The average Bonchev–Trinajstić information content (AvgIpc) is 2.40. The lowest BCUT2D eigenvalue weighted by Gasteiger charge is -2.26. The molecule has 0 amide bonds. The van der Waals surface area contributed by atoms with Gasteiger partial charge < -0.3 is 10.2 Å². The van der Waals surface area contributed by atoms with Crippen LogP contribution in [0.4, 0.5) is 0 Å². The summed E-state index contributed by atoms with van der Waals surface area (Å²) in [6.45, 7) is 11.1. The summed E-state index contributed by atoms with van der Waals surface area (Å²) in [6, 6.07) is 11.2. The van der Waals surface area contributed by atoms with Crippen LogP contribution in [0.2, 0.25) is 0 Å². The fourth-order valence-electron chi connectivity index (χ4n) is 2.03. The molecular weight excluding hydrogens is 208 g/mol. The van der Waals surface area contributed by atoms with E-state index in [1.165, 1.54) is 12.0 Å². The first-order valence-corrected chi connectivity index (χ1v) is 6.82. The summed E-state index contributed by atoms with van der Waals surface area (Å²) in [5, 5.41) is 3.64. The zero-order chi connectivity index (χ0) is 12.5. The Morgan fingerprint density at radius 3 is 2.24 bits per heavy atom. The fourth-order valence-corrected chi connectivity index (χ4v) is 2.03. The standard InChI is InChI=1S/C15H26N2/c1-4-12-16-15(13-17(5-2)6-3)14-10-8-7-9-11-14/h7-11,15-16H,4-6,12-13H2,1-3H3. The molecule has 2 nitrogen and oxygen atoms in total. The topological polar surface area (TPSA) is 15.3 Å². The molecule has 96 valence electrons. The zero-order valence-electron chi connectivity index (χ0n) is 11.4. The number of nitrogens with one attached hydrogen (secondary N) is 1. The Labute approximate surface area is 106 Å². The highest BCUT2D eigenvalue weighted by atomic mass is 15.1. The molecule has 0 saturated heterocycles. The summed E-state index contributed by atoms with van der Waals surface area (Å²) in [5.74, 6) is 0. The van der Waals surface area contributed by atoms with E-state index in [1.54, 1.807) is 0 Å². The van der Waals surface area contributed by atoms with Crippen LogP contribution >= 0.6 is 0 Å². The smallest absolute Gasteiger partial charge is 0.0449 e. The van der Waals surface area contributed by atoms with Crippen molar-refractivity contribution in [2.24, 2.45) is 0 Å². The van der Waals surface area contributed by atoms with Crippen LogP contribution in [0.15, 0.2) is 30.3 Å². The van der Waals surface area contributed by atoms with Gasteiger partial charge in [0.05, 0.1) is 0 Å². The highest BCUT2D eigenvalue weighted by Gasteiger charge is 2.13. The first-order chi connectivity index (χ1) is 8.31. The maximum atomic E-state index is 3.64. The lowest BCUT2D eigenvalue weighted by Crippen LogP contribution is -2.35. The highest BCUT2D eigenvalue weighted by molar-refractivity contribution is 5.19. The number of nitrogens with zero attached hydrogens (tertiary/aromatic N) is 1. The van der Waals surface area contributed by atoms with Gasteiger partial charge in [0.15, 0.2) is 0 Å². The first-order valence-electron chi connectivity index (χ1n) is 6.82. The molecule has 1 aromatic carbocycles. The molecule has 0 spiro atoms. The third kappa shape index (κ3) is 4.88. The molecule has 1 rings (SSSR count). The van der Waals surface area contributed by atoms with Gasteiger partial charge in [0, 0.05) is 12.6 Å². The summed E-state index contributed by atoms with van der Waals surface area (Å²) in [7, 11) is 0. The Kier molecular flexibility index (Phi) is 6.90. The molecule has 0 heterocycles. The molecule has 1 aromatic rings. The van der Waals surface area contributed by atoms with Gasteiger partial charge in [-0.25, -0.2) is 0 Å². The van der Waals surface area contributed by atoms with E-state index in [0.29, 0.717) is 6.04 Å². The minimum atomic E-state index is 0.455. The molecule has 0 fully saturated rings. The maximum absolute atomic E-state index is 3.64. The Bertz CT molecular complexity index is 280. The van der Waals surface area contributed by atoms with Crippen LogP contribution < -0.4 is 5.32 Å². The molecule has 1 atom stereocenters. The summed E-state index contributed by atoms with van der Waals surface area (Å²) in [5.41, 5.74) is 1.40. The Morgan fingerprint density at radius 1 is 1.06 bits per heavy atom. The third-order valence-corrected chi connectivity index (χ3v) is 3.18. The number of hydrogen-bond acceptors (Lipinski definition) is 2. The lowest BCUT2D eigenvalue weighted by atomic mass is 10.1. The van der Waals surface area contributed by atoms with Crippen LogP contribution in [0.25, 0.3) is 0 Å². The van der Waals surface area contributed by atoms with Crippen molar-refractivity contribution >= 4 is 0 Å². The van der Waals surface area contributed by atoms with Crippen molar-refractivity contribution < 1.29 is 0 Å². The van der Waals surface area contributed by atoms with Gasteiger partial charge in [0.2, 0.25) is 0 Å². The average molecular weight is 234 g/mol. The molecule has 0 aliphatic heterocycles. The second-order valence-corrected chi connectivity index (χ2v) is 4.40. The lowest BCUT2D eigenvalue weighted by molar-refractivity contribution is 0.266. The molecule has 0 aliphatic carbocycles. The van der Waals surface area contributed by atoms with Crippen molar-refractivity contribution in [3.8, 4) is 0 Å². The summed E-state index contributed by atoms with van der Waals surface area (Å²) in [4.78, 5) is 2.47. The third-order valence-electron chi connectivity index (χ3n) is 3.18. The number of hydrogen-bond donors (Lipinski definition) is 1. The van der Waals surface area contributed by atoms with Crippen LogP contribution in [-0.4, -0.2) is 31.1 Å². The molecule has 0 radical (unpaired) electrons. The van der Waals surface area contributed by atoms with Crippen molar-refractivity contribution in [1.29, 1.82) is 0 Å². The van der Waals surface area contributed by atoms with Gasteiger partial charge >= 0.3 is 0 Å². The van der Waals surface area contributed by atoms with E-state index >= 15 is 0 Å². The van der Waals surface area contributed by atoms with Crippen LogP contribution in [0.5, 0.6) is 0 Å². The molecule has 0 aromatic heterocycles. The van der Waals surface area contributed by atoms with E-state index in [4.69, 9.17) is 0 Å². The van der Waals surface area contributed by atoms with E-state index in [2.05, 4.69) is 61.3 Å². The summed E-state index contributed by atoms with van der Waals surface area (Å²) >= 11 is 0. The zero-order valence-corrected chi connectivity index (χ0v) is 11.4. The van der Waals surface area contributed by atoms with Gasteiger partial charge in [-0.05, 0) is 31.6 Å². The molecule has 0 saturated carbocycles. The summed E-state index contributed by atoms with van der Waals surface area (Å²) < 4.78 is 0. The van der Waals surface area contributed by atoms with Crippen molar-refractivity contribution in [2.45, 2.75) is 33.2 Å². The normalized spacial score (nSPS) is 12.9. The van der Waals surface area contributed by atoms with Crippen LogP contribution in [0, 0.1) is 0 Å². The second-order valence-electron chi connectivity index (χ2n) is 4.40. The van der Waals surface area contributed by atoms with Crippen molar-refractivity contribution in [3.05, 3.63) is 35.9 Å². The van der Waals surface area contributed by atoms with Crippen molar-refractivity contribution in [1.82, 2.24) is 10.2 Å². The SMILES string of the molecule is CCCNC(CN(CC)CC)c1ccccc1. The van der Waals surface area contributed by atoms with E-state index in [1.807, 2.05) is 0 Å². The van der Waals surface area contributed by atoms with E-state index in [-0.39, 0.29) is 0 Å². The quantitative estimate of drug-likeness (QED) is 0.743. The first kappa shape index (κ1) is 14.2. The van der Waals surface area contributed by atoms with Gasteiger partial charge in [-0.15, -0.1) is 0 Å². The number of likely N-dealkylation sites (N-methyl/N-ethyl adjacent to an activating group) is 1. The predicted octanol–water partition coefficient (Wildman–Crippen LogP) is 3.07. The molecular formula is C15H26N2. The largest absolute Gasteiger partial charge is 0.309 e. The predicted molar refractivity (Wildman–Crippen MR) is 75.3 cm³/mol. The Hall–Kier alpha value is -0.860.